The Labute approximate surface area is 130 Å². The van der Waals surface area contributed by atoms with Gasteiger partial charge >= 0.3 is 0 Å². The molecule has 1 saturated heterocycles. The van der Waals surface area contributed by atoms with Crippen LogP contribution in [0.3, 0.4) is 0 Å². The Morgan fingerprint density at radius 2 is 1.76 bits per heavy atom. The summed E-state index contributed by atoms with van der Waals surface area (Å²) in [6.07, 6.45) is 1.73. The molecule has 0 spiro atoms. The zero-order valence-corrected chi connectivity index (χ0v) is 13.1. The van der Waals surface area contributed by atoms with E-state index in [1.165, 1.54) is 0 Å². The van der Waals surface area contributed by atoms with Crippen LogP contribution >= 0.6 is 11.6 Å². The predicted octanol–water partition coefficient (Wildman–Crippen LogP) is 2.35. The summed E-state index contributed by atoms with van der Waals surface area (Å²) in [6.45, 7) is 4.58. The molecular formula is C16H21ClN2O2. The van der Waals surface area contributed by atoms with E-state index in [2.05, 4.69) is 0 Å². The zero-order chi connectivity index (χ0) is 15.2. The second-order valence-corrected chi connectivity index (χ2v) is 5.71. The largest absolute Gasteiger partial charge is 0.341 e. The standard InChI is InChI=1S/C16H21ClN2O2/c1-2-15(20)18-7-4-8-19(10-9-18)16(21)12-13-5-3-6-14(17)11-13/h3,5-6,11H,2,4,7-10,12H2,1H3. The molecule has 0 N–H and O–H groups in total. The van der Waals surface area contributed by atoms with Gasteiger partial charge in [-0.2, -0.15) is 0 Å². The highest BCUT2D eigenvalue weighted by Crippen LogP contribution is 2.13. The van der Waals surface area contributed by atoms with Crippen LogP contribution in [0.2, 0.25) is 5.02 Å². The van der Waals surface area contributed by atoms with Crippen LogP contribution in [0.4, 0.5) is 0 Å². The zero-order valence-electron chi connectivity index (χ0n) is 12.3. The van der Waals surface area contributed by atoms with E-state index in [0.29, 0.717) is 37.5 Å². The smallest absolute Gasteiger partial charge is 0.227 e. The van der Waals surface area contributed by atoms with E-state index in [4.69, 9.17) is 11.6 Å². The van der Waals surface area contributed by atoms with Crippen LogP contribution < -0.4 is 0 Å². The van der Waals surface area contributed by atoms with Gasteiger partial charge in [0.05, 0.1) is 6.42 Å². The molecule has 21 heavy (non-hydrogen) atoms. The Morgan fingerprint density at radius 1 is 1.10 bits per heavy atom. The molecule has 2 amide bonds. The van der Waals surface area contributed by atoms with Gasteiger partial charge in [-0.1, -0.05) is 30.7 Å². The van der Waals surface area contributed by atoms with E-state index < -0.39 is 0 Å². The molecule has 1 aliphatic heterocycles. The van der Waals surface area contributed by atoms with Crippen molar-refractivity contribution >= 4 is 23.4 Å². The fraction of sp³-hybridized carbons (Fsp3) is 0.500. The number of halogens is 1. The van der Waals surface area contributed by atoms with Crippen LogP contribution in [0.1, 0.15) is 25.3 Å². The monoisotopic (exact) mass is 308 g/mol. The summed E-state index contributed by atoms with van der Waals surface area (Å²) in [5.41, 5.74) is 0.929. The molecule has 0 atom stereocenters. The molecule has 1 aromatic carbocycles. The maximum atomic E-state index is 12.4. The minimum Gasteiger partial charge on any atom is -0.341 e. The lowest BCUT2D eigenvalue weighted by molar-refractivity contribution is -0.133. The molecule has 0 saturated carbocycles. The van der Waals surface area contributed by atoms with Crippen LogP contribution in [0.5, 0.6) is 0 Å². The molecule has 0 aromatic heterocycles. The van der Waals surface area contributed by atoms with Gasteiger partial charge in [0.25, 0.3) is 0 Å². The fourth-order valence-electron chi connectivity index (χ4n) is 2.57. The molecule has 1 heterocycles. The van der Waals surface area contributed by atoms with E-state index >= 15 is 0 Å². The lowest BCUT2D eigenvalue weighted by atomic mass is 10.1. The van der Waals surface area contributed by atoms with Crippen molar-refractivity contribution in [2.24, 2.45) is 0 Å². The van der Waals surface area contributed by atoms with Crippen molar-refractivity contribution < 1.29 is 9.59 Å². The molecule has 1 aromatic rings. The Hall–Kier alpha value is -1.55. The lowest BCUT2D eigenvalue weighted by Crippen LogP contribution is -2.37. The van der Waals surface area contributed by atoms with Crippen molar-refractivity contribution in [3.63, 3.8) is 0 Å². The third kappa shape index (κ3) is 4.46. The van der Waals surface area contributed by atoms with E-state index in [-0.39, 0.29) is 11.8 Å². The molecule has 4 nitrogen and oxygen atoms in total. The number of nitrogens with zero attached hydrogens (tertiary/aromatic N) is 2. The third-order valence-corrected chi connectivity index (χ3v) is 3.98. The molecule has 1 aliphatic rings. The van der Waals surface area contributed by atoms with Crippen molar-refractivity contribution in [1.29, 1.82) is 0 Å². The van der Waals surface area contributed by atoms with Crippen LogP contribution in [0.15, 0.2) is 24.3 Å². The van der Waals surface area contributed by atoms with Gasteiger partial charge in [0, 0.05) is 37.6 Å². The maximum Gasteiger partial charge on any atom is 0.227 e. The van der Waals surface area contributed by atoms with Crippen LogP contribution in [0.25, 0.3) is 0 Å². The first-order valence-electron chi connectivity index (χ1n) is 7.40. The fourth-order valence-corrected chi connectivity index (χ4v) is 2.79. The third-order valence-electron chi connectivity index (χ3n) is 3.75. The van der Waals surface area contributed by atoms with Crippen molar-refractivity contribution in [3.8, 4) is 0 Å². The second-order valence-electron chi connectivity index (χ2n) is 5.28. The highest BCUT2D eigenvalue weighted by atomic mass is 35.5. The summed E-state index contributed by atoms with van der Waals surface area (Å²) in [5.74, 6) is 0.266. The molecule has 0 bridgehead atoms. The normalized spacial score (nSPS) is 15.7. The summed E-state index contributed by atoms with van der Waals surface area (Å²) >= 11 is 5.94. The maximum absolute atomic E-state index is 12.4. The topological polar surface area (TPSA) is 40.6 Å². The average molecular weight is 309 g/mol. The molecule has 2 rings (SSSR count). The first-order valence-corrected chi connectivity index (χ1v) is 7.78. The van der Waals surface area contributed by atoms with Crippen LogP contribution in [0, 0.1) is 0 Å². The van der Waals surface area contributed by atoms with Gasteiger partial charge in [-0.3, -0.25) is 9.59 Å². The molecule has 114 valence electrons. The van der Waals surface area contributed by atoms with E-state index in [0.717, 1.165) is 18.5 Å². The molecule has 0 aliphatic carbocycles. The molecule has 5 heteroatoms. The summed E-state index contributed by atoms with van der Waals surface area (Å²) in [6, 6.07) is 7.39. The van der Waals surface area contributed by atoms with Crippen LogP contribution in [-0.4, -0.2) is 47.8 Å². The quantitative estimate of drug-likeness (QED) is 0.860. The van der Waals surface area contributed by atoms with Crippen molar-refractivity contribution in [3.05, 3.63) is 34.9 Å². The van der Waals surface area contributed by atoms with Gasteiger partial charge in [-0.15, -0.1) is 0 Å². The Bertz CT molecular complexity index is 519. The van der Waals surface area contributed by atoms with Gasteiger partial charge in [-0.25, -0.2) is 0 Å². The molecular weight excluding hydrogens is 288 g/mol. The number of hydrogen-bond acceptors (Lipinski definition) is 2. The number of amides is 2. The van der Waals surface area contributed by atoms with E-state index in [9.17, 15) is 9.59 Å². The van der Waals surface area contributed by atoms with Crippen molar-refractivity contribution in [2.75, 3.05) is 26.2 Å². The minimum absolute atomic E-state index is 0.100. The lowest BCUT2D eigenvalue weighted by Gasteiger charge is -2.22. The van der Waals surface area contributed by atoms with Gasteiger partial charge in [0.15, 0.2) is 0 Å². The number of rotatable bonds is 3. The van der Waals surface area contributed by atoms with Gasteiger partial charge < -0.3 is 9.80 Å². The number of benzene rings is 1. The first kappa shape index (κ1) is 15.8. The van der Waals surface area contributed by atoms with Crippen LogP contribution in [-0.2, 0) is 16.0 Å². The minimum atomic E-state index is 0.100. The predicted molar refractivity (Wildman–Crippen MR) is 83.2 cm³/mol. The molecule has 1 fully saturated rings. The highest BCUT2D eigenvalue weighted by Gasteiger charge is 2.21. The SMILES string of the molecule is CCC(=O)N1CCCN(C(=O)Cc2cccc(Cl)c2)CC1. The average Bonchev–Trinajstić information content (AvgIpc) is 2.72. The van der Waals surface area contributed by atoms with Gasteiger partial charge in [0.1, 0.15) is 0 Å². The second kappa shape index (κ2) is 7.46. The Kier molecular flexibility index (Phi) is 5.62. The number of carbonyl (C=O) groups is 2. The summed E-state index contributed by atoms with van der Waals surface area (Å²) in [4.78, 5) is 27.8. The summed E-state index contributed by atoms with van der Waals surface area (Å²) in [5, 5.41) is 0.649. The van der Waals surface area contributed by atoms with Gasteiger partial charge in [-0.05, 0) is 24.1 Å². The van der Waals surface area contributed by atoms with Gasteiger partial charge in [0.2, 0.25) is 11.8 Å². The highest BCUT2D eigenvalue weighted by molar-refractivity contribution is 6.30. The number of hydrogen-bond donors (Lipinski definition) is 0. The molecule has 0 radical (unpaired) electrons. The van der Waals surface area contributed by atoms with E-state index in [1.54, 1.807) is 6.07 Å². The first-order chi connectivity index (χ1) is 10.1. The number of carbonyl (C=O) groups excluding carboxylic acids is 2. The van der Waals surface area contributed by atoms with Crippen molar-refractivity contribution in [2.45, 2.75) is 26.2 Å². The summed E-state index contributed by atoms with van der Waals surface area (Å²) in [7, 11) is 0. The summed E-state index contributed by atoms with van der Waals surface area (Å²) < 4.78 is 0. The Balaban J connectivity index is 1.92. The van der Waals surface area contributed by atoms with E-state index in [1.807, 2.05) is 34.9 Å². The molecule has 0 unspecified atom stereocenters. The van der Waals surface area contributed by atoms with Crippen molar-refractivity contribution in [1.82, 2.24) is 9.80 Å². The Morgan fingerprint density at radius 3 is 2.38 bits per heavy atom.